The summed E-state index contributed by atoms with van der Waals surface area (Å²) >= 11 is 11.7. The van der Waals surface area contributed by atoms with Gasteiger partial charge in [-0.05, 0) is 56.4 Å². The number of carbonyl (C=O) groups is 1. The molecule has 0 aliphatic heterocycles. The second-order valence-corrected chi connectivity index (χ2v) is 5.90. The van der Waals surface area contributed by atoms with Crippen LogP contribution in [-0.2, 0) is 0 Å². The highest BCUT2D eigenvalue weighted by Gasteiger charge is 2.29. The molecule has 1 fully saturated rings. The van der Waals surface area contributed by atoms with Crippen molar-refractivity contribution in [2.45, 2.75) is 38.6 Å². The van der Waals surface area contributed by atoms with Gasteiger partial charge in [-0.2, -0.15) is 0 Å². The lowest BCUT2D eigenvalue weighted by Gasteiger charge is -2.38. The minimum absolute atomic E-state index is 0.115. The molecule has 0 heterocycles. The number of hydrogen-bond donors (Lipinski definition) is 0. The van der Waals surface area contributed by atoms with Crippen LogP contribution in [0.15, 0.2) is 18.2 Å². The fourth-order valence-corrected chi connectivity index (χ4v) is 2.75. The number of alkyl halides is 1. The number of rotatable bonds is 5. The zero-order valence-electron chi connectivity index (χ0n) is 11.2. The number of nitrogens with zero attached hydrogens (tertiary/aromatic N) is 1. The second-order valence-electron chi connectivity index (χ2n) is 5.09. The number of halogens is 2. The van der Waals surface area contributed by atoms with Crippen LogP contribution in [0.4, 0.5) is 0 Å². The summed E-state index contributed by atoms with van der Waals surface area (Å²) in [6.45, 7) is 2.68. The van der Waals surface area contributed by atoms with Gasteiger partial charge in [0.05, 0.1) is 0 Å². The maximum Gasteiger partial charge on any atom is 0.254 e. The summed E-state index contributed by atoms with van der Waals surface area (Å²) in [6.07, 6.45) is 4.28. The molecular weight excluding hydrogens is 281 g/mol. The van der Waals surface area contributed by atoms with Crippen LogP contribution in [-0.4, -0.2) is 29.3 Å². The van der Waals surface area contributed by atoms with E-state index in [4.69, 9.17) is 23.2 Å². The van der Waals surface area contributed by atoms with Crippen molar-refractivity contribution < 1.29 is 4.79 Å². The molecule has 2 rings (SSSR count). The third kappa shape index (κ3) is 3.43. The Morgan fingerprint density at radius 3 is 2.68 bits per heavy atom. The zero-order chi connectivity index (χ0) is 13.8. The lowest BCUT2D eigenvalue weighted by molar-refractivity contribution is 0.0580. The van der Waals surface area contributed by atoms with Crippen LogP contribution in [0.25, 0.3) is 0 Å². The third-order valence-corrected chi connectivity index (χ3v) is 4.23. The minimum atomic E-state index is 0.115. The van der Waals surface area contributed by atoms with Gasteiger partial charge in [0.2, 0.25) is 0 Å². The van der Waals surface area contributed by atoms with Crippen molar-refractivity contribution in [3.63, 3.8) is 0 Å². The number of aryl methyl sites for hydroxylation is 1. The van der Waals surface area contributed by atoms with E-state index in [1.807, 2.05) is 24.0 Å². The van der Waals surface area contributed by atoms with Crippen LogP contribution >= 0.6 is 23.2 Å². The Kier molecular flexibility index (Phi) is 5.12. The van der Waals surface area contributed by atoms with Gasteiger partial charge < -0.3 is 4.90 Å². The molecule has 0 bridgehead atoms. The quantitative estimate of drug-likeness (QED) is 0.744. The first-order valence-corrected chi connectivity index (χ1v) is 7.68. The summed E-state index contributed by atoms with van der Waals surface area (Å²) in [5.41, 5.74) is 1.69. The lowest BCUT2D eigenvalue weighted by atomic mass is 9.90. The van der Waals surface area contributed by atoms with Gasteiger partial charge in [0.1, 0.15) is 0 Å². The van der Waals surface area contributed by atoms with E-state index in [1.165, 1.54) is 6.42 Å². The van der Waals surface area contributed by atoms with E-state index >= 15 is 0 Å². The van der Waals surface area contributed by atoms with Gasteiger partial charge in [-0.3, -0.25) is 4.79 Å². The molecule has 0 atom stereocenters. The van der Waals surface area contributed by atoms with Crippen LogP contribution in [0.5, 0.6) is 0 Å². The van der Waals surface area contributed by atoms with E-state index in [0.717, 1.165) is 36.9 Å². The summed E-state index contributed by atoms with van der Waals surface area (Å²) in [5.74, 6) is 0.708. The van der Waals surface area contributed by atoms with Gasteiger partial charge >= 0.3 is 0 Å². The fourth-order valence-electron chi connectivity index (χ4n) is 2.40. The Balaban J connectivity index is 2.17. The van der Waals surface area contributed by atoms with Crippen LogP contribution < -0.4 is 0 Å². The Morgan fingerprint density at radius 2 is 2.16 bits per heavy atom. The summed E-state index contributed by atoms with van der Waals surface area (Å²) in [6, 6.07) is 5.84. The standard InChI is InChI=1S/C15H19Cl2NO/c1-11-10-12(17)6-7-14(11)15(19)18(9-3-8-16)13-4-2-5-13/h6-7,10,13H,2-5,8-9H2,1H3. The molecule has 0 unspecified atom stereocenters. The van der Waals surface area contributed by atoms with E-state index < -0.39 is 0 Å². The summed E-state index contributed by atoms with van der Waals surface area (Å²) in [5, 5.41) is 0.671. The molecule has 1 aliphatic carbocycles. The van der Waals surface area contributed by atoms with Crippen molar-refractivity contribution in [2.75, 3.05) is 12.4 Å². The molecule has 1 amide bonds. The molecule has 0 spiro atoms. The summed E-state index contributed by atoms with van der Waals surface area (Å²) in [4.78, 5) is 14.6. The van der Waals surface area contributed by atoms with Gasteiger partial charge in [-0.25, -0.2) is 0 Å². The molecule has 2 nitrogen and oxygen atoms in total. The monoisotopic (exact) mass is 299 g/mol. The third-order valence-electron chi connectivity index (χ3n) is 3.73. The molecule has 0 N–H and O–H groups in total. The predicted molar refractivity (Wildman–Crippen MR) is 80.2 cm³/mol. The number of amides is 1. The van der Waals surface area contributed by atoms with E-state index in [-0.39, 0.29) is 5.91 Å². The average Bonchev–Trinajstić information content (AvgIpc) is 2.31. The number of benzene rings is 1. The van der Waals surface area contributed by atoms with Gasteiger partial charge in [0.15, 0.2) is 0 Å². The van der Waals surface area contributed by atoms with Crippen molar-refractivity contribution in [3.8, 4) is 0 Å². The zero-order valence-corrected chi connectivity index (χ0v) is 12.7. The molecule has 1 aliphatic rings. The normalized spacial score (nSPS) is 15.1. The summed E-state index contributed by atoms with van der Waals surface area (Å²) < 4.78 is 0. The van der Waals surface area contributed by atoms with Crippen LogP contribution in [0, 0.1) is 6.92 Å². The highest BCUT2D eigenvalue weighted by Crippen LogP contribution is 2.27. The van der Waals surface area contributed by atoms with Crippen molar-refractivity contribution in [1.82, 2.24) is 4.90 Å². The van der Waals surface area contributed by atoms with Gasteiger partial charge in [-0.1, -0.05) is 11.6 Å². The van der Waals surface area contributed by atoms with Crippen molar-refractivity contribution in [2.24, 2.45) is 0 Å². The first kappa shape index (κ1) is 14.7. The molecular formula is C15H19Cl2NO. The highest BCUT2D eigenvalue weighted by molar-refractivity contribution is 6.30. The van der Waals surface area contributed by atoms with E-state index in [2.05, 4.69) is 0 Å². The van der Waals surface area contributed by atoms with Crippen molar-refractivity contribution in [3.05, 3.63) is 34.3 Å². The molecule has 19 heavy (non-hydrogen) atoms. The van der Waals surface area contributed by atoms with Gasteiger partial charge in [0.25, 0.3) is 5.91 Å². The average molecular weight is 300 g/mol. The molecule has 1 aromatic rings. The van der Waals surface area contributed by atoms with Gasteiger partial charge in [-0.15, -0.1) is 11.6 Å². The lowest BCUT2D eigenvalue weighted by Crippen LogP contribution is -2.45. The maximum atomic E-state index is 12.7. The van der Waals surface area contributed by atoms with E-state index in [9.17, 15) is 4.79 Å². The second kappa shape index (κ2) is 6.62. The van der Waals surface area contributed by atoms with Crippen molar-refractivity contribution >= 4 is 29.1 Å². The van der Waals surface area contributed by atoms with Gasteiger partial charge in [0, 0.05) is 29.1 Å². The Labute approximate surface area is 124 Å². The topological polar surface area (TPSA) is 20.3 Å². The minimum Gasteiger partial charge on any atom is -0.336 e. The van der Waals surface area contributed by atoms with Crippen molar-refractivity contribution in [1.29, 1.82) is 0 Å². The fraction of sp³-hybridized carbons (Fsp3) is 0.533. The van der Waals surface area contributed by atoms with Crippen LogP contribution in [0.1, 0.15) is 41.6 Å². The molecule has 104 valence electrons. The van der Waals surface area contributed by atoms with E-state index in [1.54, 1.807) is 6.07 Å². The molecule has 0 radical (unpaired) electrons. The SMILES string of the molecule is Cc1cc(Cl)ccc1C(=O)N(CCCCl)C1CCC1. The maximum absolute atomic E-state index is 12.7. The van der Waals surface area contributed by atoms with Crippen LogP contribution in [0.2, 0.25) is 5.02 Å². The molecule has 4 heteroatoms. The largest absolute Gasteiger partial charge is 0.336 e. The molecule has 1 saturated carbocycles. The Bertz CT molecular complexity index is 457. The molecule has 0 aromatic heterocycles. The first-order chi connectivity index (χ1) is 9.13. The van der Waals surface area contributed by atoms with E-state index in [0.29, 0.717) is 16.9 Å². The molecule has 1 aromatic carbocycles. The Morgan fingerprint density at radius 1 is 1.42 bits per heavy atom. The Hall–Kier alpha value is -0.730. The molecule has 0 saturated heterocycles. The first-order valence-electron chi connectivity index (χ1n) is 6.76. The smallest absolute Gasteiger partial charge is 0.254 e. The predicted octanol–water partition coefficient (Wildman–Crippen LogP) is 4.27. The number of carbonyl (C=O) groups excluding carboxylic acids is 1. The van der Waals surface area contributed by atoms with Crippen LogP contribution in [0.3, 0.4) is 0 Å². The highest BCUT2D eigenvalue weighted by atomic mass is 35.5. The number of hydrogen-bond acceptors (Lipinski definition) is 1. The summed E-state index contributed by atoms with van der Waals surface area (Å²) in [7, 11) is 0.